The Morgan fingerprint density at radius 1 is 0.632 bits per heavy atom. The van der Waals surface area contributed by atoms with Crippen molar-refractivity contribution < 1.29 is 88.0 Å². The summed E-state index contributed by atoms with van der Waals surface area (Å²) in [6.07, 6.45) is -7.90. The van der Waals surface area contributed by atoms with Gasteiger partial charge in [0.05, 0.1) is 4.92 Å². The zero-order valence-electron chi connectivity index (χ0n) is 16.7. The van der Waals surface area contributed by atoms with Crippen LogP contribution in [0.4, 0.5) is 80.3 Å². The van der Waals surface area contributed by atoms with Crippen molar-refractivity contribution in [2.75, 3.05) is 0 Å². The van der Waals surface area contributed by atoms with Crippen LogP contribution in [0.25, 0.3) is 0 Å². The van der Waals surface area contributed by atoms with Crippen molar-refractivity contribution in [3.05, 3.63) is 33.9 Å². The van der Waals surface area contributed by atoms with Gasteiger partial charge in [-0.15, -0.1) is 0 Å². The summed E-state index contributed by atoms with van der Waals surface area (Å²) in [6, 6.07) is -2.22. The molecule has 0 atom stereocenters. The van der Waals surface area contributed by atoms with Gasteiger partial charge >= 0.3 is 47.6 Å². The van der Waals surface area contributed by atoms with Crippen molar-refractivity contribution in [2.45, 2.75) is 52.5 Å². The molecule has 0 unspecified atom stereocenters. The molecule has 0 aliphatic heterocycles. The third-order valence-corrected chi connectivity index (χ3v) is 5.49. The smallest absolute Gasteiger partial charge is 0.258 e. The Labute approximate surface area is 196 Å². The second-order valence-corrected chi connectivity index (χ2v) is 8.53. The summed E-state index contributed by atoms with van der Waals surface area (Å²) >= 11 is 0. The maximum absolute atomic E-state index is 14.2. The van der Waals surface area contributed by atoms with Crippen molar-refractivity contribution in [1.29, 1.82) is 0 Å². The van der Waals surface area contributed by atoms with E-state index in [9.17, 15) is 93.2 Å². The topological polar surface area (TPSA) is 103 Å². The van der Waals surface area contributed by atoms with Gasteiger partial charge in [0.25, 0.3) is 5.69 Å². The van der Waals surface area contributed by atoms with Gasteiger partial charge in [0.1, 0.15) is 0 Å². The SMILES string of the molecule is NS(=O)(=O)c1cc(C(F)(F)C(F)(F)C(F)(F)C(F)(F)C(F)(F)C(F)(F)C(F)(F)C(F)(F)F)ccc1[N+](=O)[O-]. The van der Waals surface area contributed by atoms with Crippen LogP contribution in [0.3, 0.4) is 0 Å². The molecule has 0 saturated carbocycles. The van der Waals surface area contributed by atoms with E-state index >= 15 is 0 Å². The first-order chi connectivity index (χ1) is 16.3. The number of hydrogen-bond donors (Lipinski definition) is 1. The lowest BCUT2D eigenvalue weighted by Gasteiger charge is -2.42. The van der Waals surface area contributed by atoms with Crippen LogP contribution < -0.4 is 5.14 Å². The molecule has 6 nitrogen and oxygen atoms in total. The number of primary sulfonamides is 1. The highest BCUT2D eigenvalue weighted by atomic mass is 32.2. The highest BCUT2D eigenvalue weighted by molar-refractivity contribution is 7.89. The van der Waals surface area contributed by atoms with Gasteiger partial charge in [-0.25, -0.2) is 13.6 Å². The fourth-order valence-electron chi connectivity index (χ4n) is 2.43. The van der Waals surface area contributed by atoms with Crippen molar-refractivity contribution >= 4 is 15.7 Å². The Kier molecular flexibility index (Phi) is 7.62. The van der Waals surface area contributed by atoms with E-state index in [0.717, 1.165) is 0 Å². The number of benzene rings is 1. The first-order valence-electron chi connectivity index (χ1n) is 8.31. The van der Waals surface area contributed by atoms with Crippen LogP contribution in [0.2, 0.25) is 0 Å². The monoisotopic (exact) mass is 620 g/mol. The molecule has 24 heteroatoms. The molecule has 220 valence electrons. The fourth-order valence-corrected chi connectivity index (χ4v) is 3.16. The number of alkyl halides is 17. The van der Waals surface area contributed by atoms with E-state index in [2.05, 4.69) is 5.14 Å². The molecule has 38 heavy (non-hydrogen) atoms. The second kappa shape index (κ2) is 8.67. The van der Waals surface area contributed by atoms with E-state index in [-0.39, 0.29) is 0 Å². The molecule has 1 aromatic rings. The third-order valence-electron chi connectivity index (χ3n) is 4.55. The lowest BCUT2D eigenvalue weighted by atomic mass is 9.87. The number of nitro groups is 1. The molecule has 0 radical (unpaired) electrons. The van der Waals surface area contributed by atoms with Crippen LogP contribution in [-0.4, -0.2) is 55.1 Å². The molecule has 1 aromatic carbocycles. The van der Waals surface area contributed by atoms with Gasteiger partial charge in [-0.3, -0.25) is 10.1 Å². The Morgan fingerprint density at radius 3 is 1.29 bits per heavy atom. The highest BCUT2D eigenvalue weighted by Gasteiger charge is 2.95. The van der Waals surface area contributed by atoms with E-state index < -0.39 is 96.9 Å². The maximum atomic E-state index is 14.2. The average Bonchev–Trinajstić information content (AvgIpc) is 2.70. The van der Waals surface area contributed by atoms with Gasteiger partial charge in [0.15, 0.2) is 4.90 Å². The summed E-state index contributed by atoms with van der Waals surface area (Å²) in [5, 5.41) is 15.1. The summed E-state index contributed by atoms with van der Waals surface area (Å²) < 4.78 is 249. The van der Waals surface area contributed by atoms with Gasteiger partial charge in [0, 0.05) is 11.6 Å². The Bertz CT molecular complexity index is 1210. The maximum Gasteiger partial charge on any atom is 0.460 e. The number of hydrogen-bond acceptors (Lipinski definition) is 4. The second-order valence-electron chi connectivity index (χ2n) is 7.00. The van der Waals surface area contributed by atoms with Crippen LogP contribution in [-0.2, 0) is 15.9 Å². The van der Waals surface area contributed by atoms with Crippen LogP contribution >= 0.6 is 0 Å². The Morgan fingerprint density at radius 2 is 0.974 bits per heavy atom. The molecule has 0 aliphatic carbocycles. The predicted octanol–water partition coefficient (Wildman–Crippen LogP) is 5.71. The largest absolute Gasteiger partial charge is 0.460 e. The van der Waals surface area contributed by atoms with Crippen molar-refractivity contribution in [3.63, 3.8) is 0 Å². The average molecular weight is 620 g/mol. The van der Waals surface area contributed by atoms with Gasteiger partial charge in [-0.1, -0.05) is 0 Å². The molecule has 0 spiro atoms. The summed E-state index contributed by atoms with van der Waals surface area (Å²) in [5.74, 6) is -58.6. The summed E-state index contributed by atoms with van der Waals surface area (Å²) in [7, 11) is -5.61. The zero-order chi connectivity index (χ0) is 30.9. The first-order valence-corrected chi connectivity index (χ1v) is 9.86. The lowest BCUT2D eigenvalue weighted by molar-refractivity contribution is -0.462. The van der Waals surface area contributed by atoms with E-state index in [1.165, 1.54) is 0 Å². The summed E-state index contributed by atoms with van der Waals surface area (Å²) in [6.45, 7) is 0. The molecule has 0 saturated heterocycles. The number of nitrogens with two attached hydrogens (primary N) is 1. The predicted molar refractivity (Wildman–Crippen MR) is 84.1 cm³/mol. The summed E-state index contributed by atoms with van der Waals surface area (Å²) in [5.41, 5.74) is -4.78. The van der Waals surface area contributed by atoms with E-state index in [1.54, 1.807) is 0 Å². The number of nitro benzene ring substituents is 1. The molecule has 0 aliphatic rings. The molecule has 1 rings (SSSR count). The van der Waals surface area contributed by atoms with Crippen molar-refractivity contribution in [2.24, 2.45) is 5.14 Å². The fraction of sp³-hybridized carbons (Fsp3) is 0.571. The number of halogens is 17. The van der Waals surface area contributed by atoms with Gasteiger partial charge in [0.2, 0.25) is 10.0 Å². The first kappa shape index (κ1) is 33.4. The quantitative estimate of drug-likeness (QED) is 0.217. The van der Waals surface area contributed by atoms with E-state index in [4.69, 9.17) is 0 Å². The van der Waals surface area contributed by atoms with Gasteiger partial charge in [-0.2, -0.15) is 74.6 Å². The van der Waals surface area contributed by atoms with Crippen molar-refractivity contribution in [1.82, 2.24) is 0 Å². The standard InChI is InChI=1S/C14H5F17N2O4S/c15-7(16,4-1-2-5(33(34)35)6(3-4)38(32,36)37)8(17,18)9(19,20)10(21,22)11(23,24)12(25,26)13(27,28)14(29,30)31/h1-3H,(H2,32,36,37). The molecule has 0 amide bonds. The molecular weight excluding hydrogens is 615 g/mol. The van der Waals surface area contributed by atoms with Crippen LogP contribution in [0.1, 0.15) is 5.56 Å². The van der Waals surface area contributed by atoms with Crippen LogP contribution in [0, 0.1) is 10.1 Å². The van der Waals surface area contributed by atoms with Crippen LogP contribution in [0.5, 0.6) is 0 Å². The number of sulfonamides is 1. The van der Waals surface area contributed by atoms with Crippen molar-refractivity contribution in [3.8, 4) is 0 Å². The Balaban J connectivity index is 3.90. The molecule has 2 N–H and O–H groups in total. The minimum Gasteiger partial charge on any atom is -0.258 e. The summed E-state index contributed by atoms with van der Waals surface area (Å²) in [4.78, 5) is 6.78. The van der Waals surface area contributed by atoms with Gasteiger partial charge < -0.3 is 0 Å². The normalized spacial score (nSPS) is 15.5. The third kappa shape index (κ3) is 4.37. The molecule has 0 heterocycles. The van der Waals surface area contributed by atoms with Crippen LogP contribution in [0.15, 0.2) is 23.1 Å². The Hall–Kier alpha value is -2.66. The minimum atomic E-state index is -8.84. The highest BCUT2D eigenvalue weighted by Crippen LogP contribution is 2.65. The van der Waals surface area contributed by atoms with E-state index in [1.807, 2.05) is 0 Å². The minimum absolute atomic E-state index is 0.470. The number of nitrogens with zero attached hydrogens (tertiary/aromatic N) is 1. The van der Waals surface area contributed by atoms with E-state index in [0.29, 0.717) is 0 Å². The lowest BCUT2D eigenvalue weighted by Crippen LogP contribution is -2.74. The molecule has 0 bridgehead atoms. The molecule has 0 fully saturated rings. The number of rotatable bonds is 9. The zero-order valence-corrected chi connectivity index (χ0v) is 17.5. The molecular formula is C14H5F17N2O4S. The molecule has 0 aromatic heterocycles. The van der Waals surface area contributed by atoms with Gasteiger partial charge in [-0.05, 0) is 12.1 Å².